The van der Waals surface area contributed by atoms with Gasteiger partial charge in [0, 0.05) is 16.2 Å². The molecule has 2 heteroatoms. The minimum Gasteiger partial charge on any atom is -0.123 e. The van der Waals surface area contributed by atoms with Gasteiger partial charge < -0.3 is 0 Å². The zero-order valence-electron chi connectivity index (χ0n) is 5.82. The monoisotopic (exact) mass is 166 g/mol. The van der Waals surface area contributed by atoms with Crippen molar-refractivity contribution < 1.29 is 0 Å². The summed E-state index contributed by atoms with van der Waals surface area (Å²) in [5.74, 6) is 0. The first-order chi connectivity index (χ1) is 4.09. The van der Waals surface area contributed by atoms with Crippen LogP contribution < -0.4 is 0 Å². The van der Waals surface area contributed by atoms with E-state index in [2.05, 4.69) is 0 Å². The molecular formula is C7H12Cl2. The fourth-order valence-electron chi connectivity index (χ4n) is 1.26. The molecule has 0 radical (unpaired) electrons. The van der Waals surface area contributed by atoms with Crippen LogP contribution in [0.4, 0.5) is 0 Å². The molecule has 1 rings (SSSR count). The summed E-state index contributed by atoms with van der Waals surface area (Å²) in [6.45, 7) is 4.07. The Bertz CT molecular complexity index is 93.5. The largest absolute Gasteiger partial charge is 0.123 e. The van der Waals surface area contributed by atoms with Crippen molar-refractivity contribution in [1.29, 1.82) is 0 Å². The van der Waals surface area contributed by atoms with Gasteiger partial charge in [0.05, 0.1) is 0 Å². The lowest BCUT2D eigenvalue weighted by Crippen LogP contribution is -2.21. The standard InChI is InChI=1S/C7H12Cl2/c1-5(8)7(3-4-7)6(2)9/h5-6H,3-4H2,1-2H3. The summed E-state index contributed by atoms with van der Waals surface area (Å²) >= 11 is 11.9. The second-order valence-corrected chi connectivity index (χ2v) is 4.27. The van der Waals surface area contributed by atoms with Gasteiger partial charge in [0.2, 0.25) is 0 Å². The molecule has 0 aromatic heterocycles. The van der Waals surface area contributed by atoms with E-state index in [0.717, 1.165) is 0 Å². The number of rotatable bonds is 2. The fourth-order valence-corrected chi connectivity index (χ4v) is 2.14. The first-order valence-electron chi connectivity index (χ1n) is 3.38. The summed E-state index contributed by atoms with van der Waals surface area (Å²) in [4.78, 5) is 0. The van der Waals surface area contributed by atoms with Crippen LogP contribution in [0.15, 0.2) is 0 Å². The number of halogens is 2. The van der Waals surface area contributed by atoms with Crippen LogP contribution in [-0.2, 0) is 0 Å². The van der Waals surface area contributed by atoms with Gasteiger partial charge in [-0.05, 0) is 26.7 Å². The second-order valence-electron chi connectivity index (χ2n) is 2.97. The highest BCUT2D eigenvalue weighted by Crippen LogP contribution is 2.55. The van der Waals surface area contributed by atoms with Crippen molar-refractivity contribution in [2.45, 2.75) is 37.4 Å². The molecule has 1 fully saturated rings. The van der Waals surface area contributed by atoms with Gasteiger partial charge in [0.1, 0.15) is 0 Å². The Balaban J connectivity index is 2.52. The Hall–Kier alpha value is 0.580. The van der Waals surface area contributed by atoms with E-state index in [1.54, 1.807) is 0 Å². The van der Waals surface area contributed by atoms with Crippen molar-refractivity contribution in [3.63, 3.8) is 0 Å². The maximum atomic E-state index is 5.94. The molecule has 0 amide bonds. The van der Waals surface area contributed by atoms with Crippen LogP contribution in [0.2, 0.25) is 0 Å². The van der Waals surface area contributed by atoms with Gasteiger partial charge in [-0.1, -0.05) is 0 Å². The summed E-state index contributed by atoms with van der Waals surface area (Å²) < 4.78 is 0. The number of alkyl halides is 2. The van der Waals surface area contributed by atoms with Crippen molar-refractivity contribution in [3.8, 4) is 0 Å². The first kappa shape index (κ1) is 7.68. The predicted molar refractivity (Wildman–Crippen MR) is 42.3 cm³/mol. The molecule has 0 nitrogen and oxygen atoms in total. The number of hydrogen-bond donors (Lipinski definition) is 0. The van der Waals surface area contributed by atoms with Gasteiger partial charge in [-0.15, -0.1) is 23.2 Å². The van der Waals surface area contributed by atoms with Crippen LogP contribution in [0, 0.1) is 5.41 Å². The molecule has 0 heterocycles. The van der Waals surface area contributed by atoms with E-state index >= 15 is 0 Å². The van der Waals surface area contributed by atoms with Crippen LogP contribution in [0.3, 0.4) is 0 Å². The van der Waals surface area contributed by atoms with Crippen molar-refractivity contribution in [3.05, 3.63) is 0 Å². The van der Waals surface area contributed by atoms with E-state index in [0.29, 0.717) is 0 Å². The lowest BCUT2D eigenvalue weighted by Gasteiger charge is -2.19. The summed E-state index contributed by atoms with van der Waals surface area (Å²) in [5.41, 5.74) is 0.281. The average molecular weight is 167 g/mol. The van der Waals surface area contributed by atoms with E-state index in [4.69, 9.17) is 23.2 Å². The zero-order valence-corrected chi connectivity index (χ0v) is 7.34. The molecule has 0 spiro atoms. The Morgan fingerprint density at radius 3 is 1.44 bits per heavy atom. The van der Waals surface area contributed by atoms with Crippen molar-refractivity contribution >= 4 is 23.2 Å². The molecule has 1 saturated carbocycles. The maximum absolute atomic E-state index is 5.94. The average Bonchev–Trinajstić information content (AvgIpc) is 2.40. The molecule has 0 bridgehead atoms. The summed E-state index contributed by atoms with van der Waals surface area (Å²) in [7, 11) is 0. The molecule has 9 heavy (non-hydrogen) atoms. The quantitative estimate of drug-likeness (QED) is 0.554. The van der Waals surface area contributed by atoms with E-state index in [1.807, 2.05) is 13.8 Å². The smallest absolute Gasteiger partial charge is 0.0378 e. The molecule has 0 aromatic carbocycles. The SMILES string of the molecule is CC(Cl)C1(C(C)Cl)CC1. The lowest BCUT2D eigenvalue weighted by atomic mass is 10.00. The van der Waals surface area contributed by atoms with E-state index in [-0.39, 0.29) is 16.2 Å². The lowest BCUT2D eigenvalue weighted by molar-refractivity contribution is 0.489. The van der Waals surface area contributed by atoms with Crippen molar-refractivity contribution in [1.82, 2.24) is 0 Å². The van der Waals surface area contributed by atoms with Crippen LogP contribution in [0.1, 0.15) is 26.7 Å². The third-order valence-corrected chi connectivity index (χ3v) is 3.28. The molecule has 0 aliphatic heterocycles. The summed E-state index contributed by atoms with van der Waals surface area (Å²) in [6.07, 6.45) is 2.42. The molecule has 1 aliphatic carbocycles. The molecule has 0 N–H and O–H groups in total. The van der Waals surface area contributed by atoms with Crippen LogP contribution in [-0.4, -0.2) is 10.8 Å². The summed E-state index contributed by atoms with van der Waals surface area (Å²) in [5, 5.41) is 0.481. The topological polar surface area (TPSA) is 0 Å². The molecular weight excluding hydrogens is 155 g/mol. The highest BCUT2D eigenvalue weighted by Gasteiger charge is 2.50. The van der Waals surface area contributed by atoms with Crippen LogP contribution in [0.5, 0.6) is 0 Å². The van der Waals surface area contributed by atoms with Gasteiger partial charge in [-0.25, -0.2) is 0 Å². The van der Waals surface area contributed by atoms with Gasteiger partial charge in [0.25, 0.3) is 0 Å². The van der Waals surface area contributed by atoms with E-state index < -0.39 is 0 Å². The van der Waals surface area contributed by atoms with Crippen LogP contribution >= 0.6 is 23.2 Å². The molecule has 54 valence electrons. The van der Waals surface area contributed by atoms with Gasteiger partial charge >= 0.3 is 0 Å². The second kappa shape index (κ2) is 2.32. The Kier molecular flexibility index (Phi) is 1.98. The minimum atomic E-state index is 0.241. The van der Waals surface area contributed by atoms with Crippen LogP contribution in [0.25, 0.3) is 0 Å². The zero-order chi connectivity index (χ0) is 7.07. The molecule has 2 atom stereocenters. The molecule has 1 aliphatic rings. The first-order valence-corrected chi connectivity index (χ1v) is 4.25. The Labute approximate surface area is 66.5 Å². The highest BCUT2D eigenvalue weighted by atomic mass is 35.5. The maximum Gasteiger partial charge on any atom is 0.0378 e. The summed E-state index contributed by atoms with van der Waals surface area (Å²) in [6, 6.07) is 0. The van der Waals surface area contributed by atoms with Crippen molar-refractivity contribution in [2.75, 3.05) is 0 Å². The predicted octanol–water partition coefficient (Wildman–Crippen LogP) is 3.02. The third-order valence-electron chi connectivity index (χ3n) is 2.41. The molecule has 2 unspecified atom stereocenters. The minimum absolute atomic E-state index is 0.241. The highest BCUT2D eigenvalue weighted by molar-refractivity contribution is 6.24. The Morgan fingerprint density at radius 1 is 1.11 bits per heavy atom. The van der Waals surface area contributed by atoms with Gasteiger partial charge in [-0.3, -0.25) is 0 Å². The number of hydrogen-bond acceptors (Lipinski definition) is 0. The van der Waals surface area contributed by atoms with Crippen molar-refractivity contribution in [2.24, 2.45) is 5.41 Å². The molecule has 0 aromatic rings. The Morgan fingerprint density at radius 2 is 1.44 bits per heavy atom. The van der Waals surface area contributed by atoms with E-state index in [1.165, 1.54) is 12.8 Å². The van der Waals surface area contributed by atoms with Gasteiger partial charge in [0.15, 0.2) is 0 Å². The van der Waals surface area contributed by atoms with Gasteiger partial charge in [-0.2, -0.15) is 0 Å². The van der Waals surface area contributed by atoms with E-state index in [9.17, 15) is 0 Å². The third kappa shape index (κ3) is 1.20. The fraction of sp³-hybridized carbons (Fsp3) is 1.00. The normalized spacial score (nSPS) is 29.3. The molecule has 0 saturated heterocycles.